The van der Waals surface area contributed by atoms with Crippen LogP contribution in [0.5, 0.6) is 5.75 Å². The fraction of sp³-hybridized carbons (Fsp3) is 0.200. The van der Waals surface area contributed by atoms with Crippen LogP contribution in [-0.4, -0.2) is 12.1 Å². The van der Waals surface area contributed by atoms with E-state index in [1.165, 1.54) is 6.07 Å². The summed E-state index contributed by atoms with van der Waals surface area (Å²) >= 11 is 5.64. The number of ketones is 1. The molecule has 0 saturated carbocycles. The number of halogens is 4. The van der Waals surface area contributed by atoms with Crippen molar-refractivity contribution in [3.8, 4) is 11.8 Å². The zero-order valence-corrected chi connectivity index (χ0v) is 9.19. The van der Waals surface area contributed by atoms with E-state index in [2.05, 4.69) is 4.74 Å². The number of hydrogen-bond donors (Lipinski definition) is 0. The molecule has 0 fully saturated rings. The number of carbonyl (C=O) groups excluding carboxylic acids is 1. The Morgan fingerprint density at radius 2 is 2.06 bits per heavy atom. The molecule has 1 aromatic rings. The average Bonchev–Trinajstić information content (AvgIpc) is 2.17. The largest absolute Gasteiger partial charge is 0.573 e. The van der Waals surface area contributed by atoms with E-state index in [1.54, 1.807) is 0 Å². The van der Waals surface area contributed by atoms with Crippen LogP contribution in [0.2, 0.25) is 5.02 Å². The molecule has 0 amide bonds. The van der Waals surface area contributed by atoms with Crippen LogP contribution in [0.25, 0.3) is 0 Å². The molecule has 0 aliphatic rings. The molecule has 0 atom stereocenters. The van der Waals surface area contributed by atoms with E-state index in [0.29, 0.717) is 0 Å². The average molecular weight is 264 g/mol. The van der Waals surface area contributed by atoms with E-state index in [0.717, 1.165) is 19.1 Å². The number of hydrogen-bond acceptors (Lipinski definition) is 3. The number of ether oxygens (including phenoxy) is 1. The maximum absolute atomic E-state index is 12.0. The first kappa shape index (κ1) is 13.3. The molecule has 1 rings (SSSR count). The van der Waals surface area contributed by atoms with Gasteiger partial charge in [0.25, 0.3) is 0 Å². The van der Waals surface area contributed by atoms with Crippen LogP contribution in [0.1, 0.15) is 22.8 Å². The molecule has 0 radical (unpaired) electrons. The van der Waals surface area contributed by atoms with Gasteiger partial charge in [0.15, 0.2) is 5.78 Å². The molecule has 0 spiro atoms. The summed E-state index contributed by atoms with van der Waals surface area (Å²) in [6, 6.07) is 3.44. The third-order valence-corrected chi connectivity index (χ3v) is 2.12. The van der Waals surface area contributed by atoms with Gasteiger partial charge in [0, 0.05) is 0 Å². The van der Waals surface area contributed by atoms with Crippen molar-refractivity contribution in [1.82, 2.24) is 0 Å². The van der Waals surface area contributed by atoms with Gasteiger partial charge in [0.2, 0.25) is 0 Å². The first-order valence-corrected chi connectivity index (χ1v) is 4.63. The van der Waals surface area contributed by atoms with Crippen molar-refractivity contribution >= 4 is 17.4 Å². The zero-order valence-electron chi connectivity index (χ0n) is 8.43. The van der Waals surface area contributed by atoms with Crippen molar-refractivity contribution in [2.45, 2.75) is 13.3 Å². The Bertz CT molecular complexity index is 505. The number of benzene rings is 1. The summed E-state index contributed by atoms with van der Waals surface area (Å²) in [5, 5.41) is 8.67. The van der Waals surface area contributed by atoms with E-state index in [1.807, 2.05) is 0 Å². The lowest BCUT2D eigenvalue weighted by atomic mass is 10.0. The Morgan fingerprint density at radius 3 is 2.47 bits per heavy atom. The van der Waals surface area contributed by atoms with Gasteiger partial charge in [-0.25, -0.2) is 0 Å². The molecule has 0 aliphatic carbocycles. The fourth-order valence-electron chi connectivity index (χ4n) is 1.22. The number of nitrogens with zero attached hydrogens (tertiary/aromatic N) is 1. The lowest BCUT2D eigenvalue weighted by Gasteiger charge is -2.12. The molecule has 90 valence electrons. The topological polar surface area (TPSA) is 50.1 Å². The van der Waals surface area contributed by atoms with E-state index < -0.39 is 23.5 Å². The lowest BCUT2D eigenvalue weighted by molar-refractivity contribution is -0.274. The molecule has 0 saturated heterocycles. The standard InChI is InChI=1S/C10H5ClF3NO2/c1-5(16)9-6(4-15)8(3-2-7(9)11)17-10(12,13)14/h2-3H,1H3. The molecule has 0 N–H and O–H groups in total. The molecule has 0 aliphatic heterocycles. The van der Waals surface area contributed by atoms with Gasteiger partial charge in [-0.05, 0) is 19.1 Å². The third kappa shape index (κ3) is 3.11. The highest BCUT2D eigenvalue weighted by Gasteiger charge is 2.33. The van der Waals surface area contributed by atoms with E-state index >= 15 is 0 Å². The Morgan fingerprint density at radius 1 is 1.47 bits per heavy atom. The Balaban J connectivity index is 3.40. The van der Waals surface area contributed by atoms with Gasteiger partial charge in [-0.3, -0.25) is 4.79 Å². The van der Waals surface area contributed by atoms with Crippen LogP contribution < -0.4 is 4.74 Å². The number of Topliss-reactive ketones (excluding diaryl/α,β-unsaturated/α-hetero) is 1. The monoisotopic (exact) mass is 263 g/mol. The number of alkyl halides is 3. The molecule has 1 aromatic carbocycles. The molecule has 17 heavy (non-hydrogen) atoms. The first-order valence-electron chi connectivity index (χ1n) is 4.25. The molecule has 0 heterocycles. The lowest BCUT2D eigenvalue weighted by Crippen LogP contribution is -2.18. The highest BCUT2D eigenvalue weighted by Crippen LogP contribution is 2.32. The quantitative estimate of drug-likeness (QED) is 0.769. The fourth-order valence-corrected chi connectivity index (χ4v) is 1.51. The summed E-state index contributed by atoms with van der Waals surface area (Å²) in [4.78, 5) is 11.2. The van der Waals surface area contributed by atoms with Crippen molar-refractivity contribution in [2.24, 2.45) is 0 Å². The van der Waals surface area contributed by atoms with Gasteiger partial charge in [-0.15, -0.1) is 13.2 Å². The van der Waals surface area contributed by atoms with Crippen molar-refractivity contribution in [3.63, 3.8) is 0 Å². The van der Waals surface area contributed by atoms with E-state index in [4.69, 9.17) is 16.9 Å². The van der Waals surface area contributed by atoms with E-state index in [-0.39, 0.29) is 10.6 Å². The van der Waals surface area contributed by atoms with Gasteiger partial charge in [0.1, 0.15) is 17.4 Å². The SMILES string of the molecule is CC(=O)c1c(Cl)ccc(OC(F)(F)F)c1C#N. The van der Waals surface area contributed by atoms with Crippen molar-refractivity contribution in [2.75, 3.05) is 0 Å². The summed E-state index contributed by atoms with van der Waals surface area (Å²) < 4.78 is 39.8. The first-order chi connectivity index (χ1) is 7.76. The minimum absolute atomic E-state index is 0.0939. The maximum Gasteiger partial charge on any atom is 0.573 e. The molecule has 0 bridgehead atoms. The minimum atomic E-state index is -4.94. The van der Waals surface area contributed by atoms with Crippen LogP contribution in [0, 0.1) is 11.3 Å². The summed E-state index contributed by atoms with van der Waals surface area (Å²) in [6.07, 6.45) is -4.94. The van der Waals surface area contributed by atoms with Crippen LogP contribution in [0.4, 0.5) is 13.2 Å². The van der Waals surface area contributed by atoms with Crippen LogP contribution >= 0.6 is 11.6 Å². The van der Waals surface area contributed by atoms with Gasteiger partial charge in [0.05, 0.1) is 10.6 Å². The van der Waals surface area contributed by atoms with Crippen LogP contribution in [-0.2, 0) is 0 Å². The third-order valence-electron chi connectivity index (χ3n) is 1.81. The predicted molar refractivity (Wildman–Crippen MR) is 52.9 cm³/mol. The Labute approximate surface area is 99.4 Å². The summed E-state index contributed by atoms with van der Waals surface area (Å²) in [5.74, 6) is -1.35. The second-order valence-corrected chi connectivity index (χ2v) is 3.42. The Hall–Kier alpha value is -1.74. The summed E-state index contributed by atoms with van der Waals surface area (Å²) in [5.41, 5.74) is -0.807. The summed E-state index contributed by atoms with van der Waals surface area (Å²) in [6.45, 7) is 1.10. The van der Waals surface area contributed by atoms with Crippen molar-refractivity contribution in [3.05, 3.63) is 28.3 Å². The van der Waals surface area contributed by atoms with E-state index in [9.17, 15) is 18.0 Å². The van der Waals surface area contributed by atoms with Gasteiger partial charge < -0.3 is 4.74 Å². The Kier molecular flexibility index (Phi) is 3.63. The van der Waals surface area contributed by atoms with Crippen molar-refractivity contribution in [1.29, 1.82) is 5.26 Å². The number of rotatable bonds is 2. The van der Waals surface area contributed by atoms with Gasteiger partial charge >= 0.3 is 6.36 Å². The molecule has 7 heteroatoms. The number of nitriles is 1. The molecule has 3 nitrogen and oxygen atoms in total. The van der Waals surface area contributed by atoms with Crippen LogP contribution in [0.15, 0.2) is 12.1 Å². The second kappa shape index (κ2) is 4.63. The minimum Gasteiger partial charge on any atom is -0.404 e. The zero-order chi connectivity index (χ0) is 13.2. The normalized spacial score (nSPS) is 10.8. The number of carbonyl (C=O) groups is 1. The summed E-state index contributed by atoms with van der Waals surface area (Å²) in [7, 11) is 0. The molecule has 0 unspecified atom stereocenters. The highest BCUT2D eigenvalue weighted by molar-refractivity contribution is 6.34. The molecular weight excluding hydrogens is 259 g/mol. The second-order valence-electron chi connectivity index (χ2n) is 3.01. The molecular formula is C10H5ClF3NO2. The molecule has 0 aromatic heterocycles. The maximum atomic E-state index is 12.0. The highest BCUT2D eigenvalue weighted by atomic mass is 35.5. The smallest absolute Gasteiger partial charge is 0.404 e. The van der Waals surface area contributed by atoms with Gasteiger partial charge in [-0.1, -0.05) is 11.6 Å². The van der Waals surface area contributed by atoms with Crippen molar-refractivity contribution < 1.29 is 22.7 Å². The van der Waals surface area contributed by atoms with Crippen LogP contribution in [0.3, 0.4) is 0 Å². The predicted octanol–water partition coefficient (Wildman–Crippen LogP) is 3.31. The van der Waals surface area contributed by atoms with Gasteiger partial charge in [-0.2, -0.15) is 5.26 Å².